The molecule has 5 nitrogen and oxygen atoms in total. The standard InChI is InChI=1S/C16H18N4OS/c1-4-12-10(2)9-13(22-12)16(21)17-11(3)15-19-18-14-7-5-6-8-20(14)15/h5-9,11H,4H2,1-3H3,(H,17,21). The van der Waals surface area contributed by atoms with Crippen molar-refractivity contribution in [2.24, 2.45) is 0 Å². The lowest BCUT2D eigenvalue weighted by Crippen LogP contribution is -2.27. The van der Waals surface area contributed by atoms with Gasteiger partial charge in [0.1, 0.15) is 0 Å². The first kappa shape index (κ1) is 14.7. The normalized spacial score (nSPS) is 12.5. The van der Waals surface area contributed by atoms with Crippen LogP contribution in [0.1, 0.15) is 45.8 Å². The topological polar surface area (TPSA) is 59.3 Å². The van der Waals surface area contributed by atoms with E-state index in [0.29, 0.717) is 0 Å². The molecule has 3 rings (SSSR count). The molecule has 1 N–H and O–H groups in total. The number of carbonyl (C=O) groups is 1. The Morgan fingerprint density at radius 2 is 2.23 bits per heavy atom. The maximum absolute atomic E-state index is 12.4. The molecule has 3 aromatic rings. The highest BCUT2D eigenvalue weighted by atomic mass is 32.1. The molecule has 114 valence electrons. The van der Waals surface area contributed by atoms with E-state index in [1.165, 1.54) is 10.4 Å². The van der Waals surface area contributed by atoms with E-state index in [1.54, 1.807) is 11.3 Å². The third-order valence-electron chi connectivity index (χ3n) is 3.64. The van der Waals surface area contributed by atoms with E-state index >= 15 is 0 Å². The van der Waals surface area contributed by atoms with Gasteiger partial charge in [-0.2, -0.15) is 0 Å². The summed E-state index contributed by atoms with van der Waals surface area (Å²) in [7, 11) is 0. The number of rotatable bonds is 4. The second-order valence-corrected chi connectivity index (χ2v) is 6.39. The smallest absolute Gasteiger partial charge is 0.261 e. The second-order valence-electron chi connectivity index (χ2n) is 5.25. The van der Waals surface area contributed by atoms with Crippen LogP contribution in [-0.2, 0) is 6.42 Å². The molecule has 1 amide bonds. The largest absolute Gasteiger partial charge is 0.342 e. The molecule has 1 atom stereocenters. The van der Waals surface area contributed by atoms with Gasteiger partial charge in [-0.15, -0.1) is 21.5 Å². The van der Waals surface area contributed by atoms with E-state index in [2.05, 4.69) is 22.4 Å². The van der Waals surface area contributed by atoms with E-state index in [0.717, 1.165) is 22.8 Å². The van der Waals surface area contributed by atoms with Crippen LogP contribution >= 0.6 is 11.3 Å². The molecule has 0 bridgehead atoms. The number of aromatic nitrogens is 3. The average Bonchev–Trinajstić information content (AvgIpc) is 3.10. The number of hydrogen-bond donors (Lipinski definition) is 1. The van der Waals surface area contributed by atoms with E-state index in [-0.39, 0.29) is 11.9 Å². The summed E-state index contributed by atoms with van der Waals surface area (Å²) < 4.78 is 1.89. The number of pyridine rings is 1. The van der Waals surface area contributed by atoms with Crippen LogP contribution in [0.5, 0.6) is 0 Å². The number of hydrogen-bond acceptors (Lipinski definition) is 4. The molecule has 0 aromatic carbocycles. The van der Waals surface area contributed by atoms with E-state index in [1.807, 2.05) is 48.7 Å². The summed E-state index contributed by atoms with van der Waals surface area (Å²) in [4.78, 5) is 14.4. The lowest BCUT2D eigenvalue weighted by molar-refractivity contribution is 0.0942. The predicted octanol–water partition coefficient (Wildman–Crippen LogP) is 3.15. The van der Waals surface area contributed by atoms with Crippen LogP contribution in [0.25, 0.3) is 5.65 Å². The SMILES string of the molecule is CCc1sc(C(=O)NC(C)c2nnc3ccccn23)cc1C. The molecule has 1 unspecified atom stereocenters. The van der Waals surface area contributed by atoms with Crippen molar-refractivity contribution in [2.45, 2.75) is 33.2 Å². The van der Waals surface area contributed by atoms with Gasteiger partial charge in [0.15, 0.2) is 11.5 Å². The van der Waals surface area contributed by atoms with Gasteiger partial charge in [0.25, 0.3) is 5.91 Å². The van der Waals surface area contributed by atoms with Gasteiger partial charge in [0, 0.05) is 11.1 Å². The number of thiophene rings is 1. The first-order chi connectivity index (χ1) is 10.6. The summed E-state index contributed by atoms with van der Waals surface area (Å²) in [6.07, 6.45) is 2.85. The molecule has 0 radical (unpaired) electrons. The summed E-state index contributed by atoms with van der Waals surface area (Å²) in [6.45, 7) is 6.07. The third-order valence-corrected chi connectivity index (χ3v) is 5.02. The molecule has 0 spiro atoms. The number of carbonyl (C=O) groups excluding carboxylic acids is 1. The van der Waals surface area contributed by atoms with Crippen LogP contribution in [-0.4, -0.2) is 20.5 Å². The monoisotopic (exact) mass is 314 g/mol. The molecule has 22 heavy (non-hydrogen) atoms. The third kappa shape index (κ3) is 2.62. The van der Waals surface area contributed by atoms with Crippen LogP contribution in [0.4, 0.5) is 0 Å². The van der Waals surface area contributed by atoms with Crippen molar-refractivity contribution >= 4 is 22.9 Å². The average molecular weight is 314 g/mol. The van der Waals surface area contributed by atoms with Gasteiger partial charge in [-0.25, -0.2) is 0 Å². The maximum atomic E-state index is 12.4. The molecule has 3 aromatic heterocycles. The number of amides is 1. The Kier molecular flexibility index (Phi) is 3.94. The lowest BCUT2D eigenvalue weighted by Gasteiger charge is -2.11. The van der Waals surface area contributed by atoms with E-state index < -0.39 is 0 Å². The second kappa shape index (κ2) is 5.88. The Hall–Kier alpha value is -2.21. The van der Waals surface area contributed by atoms with Crippen LogP contribution in [0.15, 0.2) is 30.5 Å². The summed E-state index contributed by atoms with van der Waals surface area (Å²) in [5.74, 6) is 0.668. The van der Waals surface area contributed by atoms with Crippen LogP contribution in [0, 0.1) is 6.92 Å². The molecule has 0 aliphatic rings. The Labute approximate surface area is 133 Å². The minimum absolute atomic E-state index is 0.0621. The van der Waals surface area contributed by atoms with Gasteiger partial charge >= 0.3 is 0 Å². The lowest BCUT2D eigenvalue weighted by atomic mass is 10.2. The van der Waals surface area contributed by atoms with Crippen molar-refractivity contribution in [2.75, 3.05) is 0 Å². The van der Waals surface area contributed by atoms with Gasteiger partial charge < -0.3 is 5.32 Å². The van der Waals surface area contributed by atoms with E-state index in [9.17, 15) is 4.79 Å². The Balaban J connectivity index is 1.81. The summed E-state index contributed by atoms with van der Waals surface area (Å²) in [5.41, 5.74) is 1.96. The number of nitrogens with zero attached hydrogens (tertiary/aromatic N) is 3. The molecule has 0 saturated heterocycles. The minimum atomic E-state index is -0.211. The quantitative estimate of drug-likeness (QED) is 0.805. The number of nitrogens with one attached hydrogen (secondary N) is 1. The van der Waals surface area contributed by atoms with Gasteiger partial charge in [0.2, 0.25) is 0 Å². The molecule has 0 aliphatic carbocycles. The summed E-state index contributed by atoms with van der Waals surface area (Å²) in [5, 5.41) is 11.3. The number of fused-ring (bicyclic) bond motifs is 1. The van der Waals surface area contributed by atoms with Gasteiger partial charge in [-0.3, -0.25) is 9.20 Å². The molecule has 3 heterocycles. The van der Waals surface area contributed by atoms with Crippen LogP contribution < -0.4 is 5.32 Å². The summed E-state index contributed by atoms with van der Waals surface area (Å²) >= 11 is 1.56. The number of aryl methyl sites for hydroxylation is 2. The highest BCUT2D eigenvalue weighted by Gasteiger charge is 2.18. The van der Waals surface area contributed by atoms with Gasteiger partial charge in [0.05, 0.1) is 10.9 Å². The fraction of sp³-hybridized carbons (Fsp3) is 0.312. The summed E-state index contributed by atoms with van der Waals surface area (Å²) in [6, 6.07) is 7.47. The van der Waals surface area contributed by atoms with Gasteiger partial charge in [-0.1, -0.05) is 13.0 Å². The first-order valence-electron chi connectivity index (χ1n) is 7.30. The maximum Gasteiger partial charge on any atom is 0.261 e. The molecular weight excluding hydrogens is 296 g/mol. The fourth-order valence-corrected chi connectivity index (χ4v) is 3.49. The zero-order chi connectivity index (χ0) is 15.7. The highest BCUT2D eigenvalue weighted by molar-refractivity contribution is 7.14. The highest BCUT2D eigenvalue weighted by Crippen LogP contribution is 2.23. The van der Waals surface area contributed by atoms with Crippen LogP contribution in [0.3, 0.4) is 0 Å². The molecule has 0 saturated carbocycles. The van der Waals surface area contributed by atoms with Crippen molar-refractivity contribution in [3.8, 4) is 0 Å². The van der Waals surface area contributed by atoms with Crippen molar-refractivity contribution in [1.82, 2.24) is 19.9 Å². The molecule has 0 aliphatic heterocycles. The Morgan fingerprint density at radius 1 is 1.41 bits per heavy atom. The Bertz CT molecular complexity index is 821. The Morgan fingerprint density at radius 3 is 2.95 bits per heavy atom. The molecule has 0 fully saturated rings. The molecule has 6 heteroatoms. The fourth-order valence-electron chi connectivity index (χ4n) is 2.47. The zero-order valence-electron chi connectivity index (χ0n) is 12.8. The van der Waals surface area contributed by atoms with Crippen LogP contribution in [0.2, 0.25) is 0 Å². The zero-order valence-corrected chi connectivity index (χ0v) is 13.6. The minimum Gasteiger partial charge on any atom is -0.342 e. The predicted molar refractivity (Wildman–Crippen MR) is 87.3 cm³/mol. The van der Waals surface area contributed by atoms with Crippen molar-refractivity contribution < 1.29 is 4.79 Å². The first-order valence-corrected chi connectivity index (χ1v) is 8.11. The van der Waals surface area contributed by atoms with E-state index in [4.69, 9.17) is 0 Å². The molecular formula is C16H18N4OS. The van der Waals surface area contributed by atoms with Crippen molar-refractivity contribution in [1.29, 1.82) is 0 Å². The van der Waals surface area contributed by atoms with Crippen molar-refractivity contribution in [3.63, 3.8) is 0 Å². The van der Waals surface area contributed by atoms with Crippen molar-refractivity contribution in [3.05, 3.63) is 51.6 Å². The van der Waals surface area contributed by atoms with Gasteiger partial charge in [-0.05, 0) is 44.0 Å².